The number of nitrogens with one attached hydrogen (secondary N) is 2. The maximum Gasteiger partial charge on any atom is 0.254 e. The number of hydrogen-bond acceptors (Lipinski definition) is 5. The highest BCUT2D eigenvalue weighted by Crippen LogP contribution is 2.29. The molecule has 1 aliphatic heterocycles. The fourth-order valence-electron chi connectivity index (χ4n) is 3.90. The zero-order valence-corrected chi connectivity index (χ0v) is 17.5. The van der Waals surface area contributed by atoms with Gasteiger partial charge in [-0.05, 0) is 42.0 Å². The van der Waals surface area contributed by atoms with E-state index in [1.807, 2.05) is 53.5 Å². The number of nitrogens with zero attached hydrogens (tertiary/aromatic N) is 3. The molecule has 3 heterocycles. The second-order valence-electron chi connectivity index (χ2n) is 7.72. The number of fused-ring (bicyclic) bond motifs is 1. The molecule has 0 bridgehead atoms. The molecular formula is C25H23N5O2. The molecule has 2 aromatic heterocycles. The first-order chi connectivity index (χ1) is 15.7. The van der Waals surface area contributed by atoms with Gasteiger partial charge in [0, 0.05) is 31.7 Å². The van der Waals surface area contributed by atoms with Crippen LogP contribution in [0.4, 0.5) is 0 Å². The van der Waals surface area contributed by atoms with E-state index in [0.29, 0.717) is 35.4 Å². The molecule has 2 aromatic carbocycles. The number of aromatic nitrogens is 3. The summed E-state index contributed by atoms with van der Waals surface area (Å²) in [6, 6.07) is 18.6. The summed E-state index contributed by atoms with van der Waals surface area (Å²) < 4.78 is 0. The van der Waals surface area contributed by atoms with Crippen molar-refractivity contribution in [3.8, 4) is 17.0 Å². The number of benzene rings is 2. The van der Waals surface area contributed by atoms with Crippen molar-refractivity contribution in [3.05, 3.63) is 77.5 Å². The average Bonchev–Trinajstić information content (AvgIpc) is 3.26. The number of aromatic hydroxyl groups is 1. The van der Waals surface area contributed by atoms with Crippen LogP contribution in [0.2, 0.25) is 0 Å². The number of phenols is 1. The lowest BCUT2D eigenvalue weighted by atomic mass is 10.0. The van der Waals surface area contributed by atoms with Crippen LogP contribution in [0.15, 0.2) is 60.7 Å². The first kappa shape index (κ1) is 20.0. The molecule has 7 heteroatoms. The summed E-state index contributed by atoms with van der Waals surface area (Å²) in [5.74, 6) is 0.148. The minimum absolute atomic E-state index is 0.0327. The molecule has 4 aromatic rings. The quantitative estimate of drug-likeness (QED) is 0.465. The summed E-state index contributed by atoms with van der Waals surface area (Å²) in [7, 11) is 0. The summed E-state index contributed by atoms with van der Waals surface area (Å²) >= 11 is 0. The van der Waals surface area contributed by atoms with Gasteiger partial charge in [0.25, 0.3) is 5.91 Å². The van der Waals surface area contributed by atoms with Crippen LogP contribution in [0, 0.1) is 0 Å². The lowest BCUT2D eigenvalue weighted by Gasteiger charge is -2.27. The van der Waals surface area contributed by atoms with Crippen LogP contribution in [0.1, 0.15) is 21.6 Å². The number of hydrogen-bond donors (Lipinski definition) is 3. The molecule has 7 nitrogen and oxygen atoms in total. The van der Waals surface area contributed by atoms with Crippen molar-refractivity contribution in [3.63, 3.8) is 0 Å². The minimum Gasteiger partial charge on any atom is -0.508 e. The highest BCUT2D eigenvalue weighted by molar-refractivity contribution is 6.09. The number of phenolic OH excluding ortho intramolecular Hbond substituents is 1. The van der Waals surface area contributed by atoms with Crippen LogP contribution < -0.4 is 5.32 Å². The molecule has 0 atom stereocenters. The SMILES string of the molecule is O=C(c1cc(-c2ccc(O)cc2)nc2n[nH]c(C=Cc3ccccc3)c12)N1CCNCC1. The highest BCUT2D eigenvalue weighted by Gasteiger charge is 2.24. The smallest absolute Gasteiger partial charge is 0.254 e. The molecule has 3 N–H and O–H groups in total. The van der Waals surface area contributed by atoms with Gasteiger partial charge in [0.1, 0.15) is 5.75 Å². The molecule has 1 saturated heterocycles. The predicted octanol–water partition coefficient (Wildman–Crippen LogP) is 3.55. The van der Waals surface area contributed by atoms with Crippen LogP contribution in [0.5, 0.6) is 5.75 Å². The molecule has 160 valence electrons. The van der Waals surface area contributed by atoms with Gasteiger partial charge >= 0.3 is 0 Å². The second-order valence-corrected chi connectivity index (χ2v) is 7.72. The maximum absolute atomic E-state index is 13.5. The van der Waals surface area contributed by atoms with Gasteiger partial charge in [-0.25, -0.2) is 4.98 Å². The third-order valence-corrected chi connectivity index (χ3v) is 5.59. The zero-order chi connectivity index (χ0) is 21.9. The Labute approximate surface area is 185 Å². The van der Waals surface area contributed by atoms with E-state index in [2.05, 4.69) is 15.5 Å². The van der Waals surface area contributed by atoms with Crippen molar-refractivity contribution in [2.24, 2.45) is 0 Å². The molecule has 0 radical (unpaired) electrons. The van der Waals surface area contributed by atoms with Gasteiger partial charge in [0.05, 0.1) is 22.3 Å². The Hall–Kier alpha value is -3.97. The lowest BCUT2D eigenvalue weighted by molar-refractivity contribution is 0.0737. The van der Waals surface area contributed by atoms with Crippen LogP contribution in [-0.2, 0) is 0 Å². The topological polar surface area (TPSA) is 94.1 Å². The summed E-state index contributed by atoms with van der Waals surface area (Å²) in [4.78, 5) is 20.1. The third kappa shape index (κ3) is 3.98. The normalized spacial score (nSPS) is 14.3. The minimum atomic E-state index is -0.0327. The molecule has 0 aliphatic carbocycles. The fraction of sp³-hybridized carbons (Fsp3) is 0.160. The number of H-pyrrole nitrogens is 1. The van der Waals surface area contributed by atoms with Crippen LogP contribution in [0.25, 0.3) is 34.4 Å². The van der Waals surface area contributed by atoms with E-state index in [1.54, 1.807) is 24.3 Å². The Morgan fingerprint density at radius 3 is 2.50 bits per heavy atom. The van der Waals surface area contributed by atoms with Crippen LogP contribution >= 0.6 is 0 Å². The van der Waals surface area contributed by atoms with Gasteiger partial charge in [0.2, 0.25) is 0 Å². The fourth-order valence-corrected chi connectivity index (χ4v) is 3.90. The Morgan fingerprint density at radius 2 is 1.75 bits per heavy atom. The molecule has 0 unspecified atom stereocenters. The predicted molar refractivity (Wildman–Crippen MR) is 125 cm³/mol. The van der Waals surface area contributed by atoms with Crippen molar-refractivity contribution in [1.29, 1.82) is 0 Å². The van der Waals surface area contributed by atoms with Gasteiger partial charge < -0.3 is 15.3 Å². The number of carbonyl (C=O) groups excluding carboxylic acids is 1. The van der Waals surface area contributed by atoms with E-state index in [0.717, 1.165) is 29.9 Å². The molecule has 32 heavy (non-hydrogen) atoms. The van der Waals surface area contributed by atoms with E-state index in [4.69, 9.17) is 4.98 Å². The van der Waals surface area contributed by atoms with Gasteiger partial charge in [-0.15, -0.1) is 0 Å². The molecule has 1 fully saturated rings. The number of carbonyl (C=O) groups is 1. The van der Waals surface area contributed by atoms with E-state index in [9.17, 15) is 9.90 Å². The number of amides is 1. The van der Waals surface area contributed by atoms with Crippen molar-refractivity contribution >= 4 is 29.1 Å². The zero-order valence-electron chi connectivity index (χ0n) is 17.5. The van der Waals surface area contributed by atoms with Gasteiger partial charge in [-0.2, -0.15) is 5.10 Å². The maximum atomic E-state index is 13.5. The molecular weight excluding hydrogens is 402 g/mol. The average molecular weight is 425 g/mol. The van der Waals surface area contributed by atoms with Gasteiger partial charge in [-0.1, -0.05) is 36.4 Å². The van der Waals surface area contributed by atoms with Crippen LogP contribution in [-0.4, -0.2) is 57.3 Å². The van der Waals surface area contributed by atoms with Crippen molar-refractivity contribution in [1.82, 2.24) is 25.4 Å². The molecule has 5 rings (SSSR count). The van der Waals surface area contributed by atoms with E-state index >= 15 is 0 Å². The Bertz CT molecular complexity index is 1270. The van der Waals surface area contributed by atoms with Crippen LogP contribution in [0.3, 0.4) is 0 Å². The second kappa shape index (κ2) is 8.64. The van der Waals surface area contributed by atoms with Gasteiger partial charge in [-0.3, -0.25) is 9.89 Å². The van der Waals surface area contributed by atoms with E-state index < -0.39 is 0 Å². The third-order valence-electron chi connectivity index (χ3n) is 5.59. The molecule has 0 spiro atoms. The Kier molecular flexibility index (Phi) is 5.39. The highest BCUT2D eigenvalue weighted by atomic mass is 16.3. The largest absolute Gasteiger partial charge is 0.508 e. The summed E-state index contributed by atoms with van der Waals surface area (Å²) in [5.41, 5.74) is 4.30. The number of pyridine rings is 1. The Balaban J connectivity index is 1.63. The number of piperazine rings is 1. The molecule has 1 amide bonds. The summed E-state index contributed by atoms with van der Waals surface area (Å²) in [6.07, 6.45) is 3.92. The first-order valence-electron chi connectivity index (χ1n) is 10.6. The number of aromatic amines is 1. The van der Waals surface area contributed by atoms with Crippen molar-refractivity contribution in [2.45, 2.75) is 0 Å². The van der Waals surface area contributed by atoms with Gasteiger partial charge in [0.15, 0.2) is 5.65 Å². The monoisotopic (exact) mass is 425 g/mol. The number of rotatable bonds is 4. The van der Waals surface area contributed by atoms with E-state index in [-0.39, 0.29) is 11.7 Å². The lowest BCUT2D eigenvalue weighted by Crippen LogP contribution is -2.46. The first-order valence-corrected chi connectivity index (χ1v) is 10.6. The molecule has 1 aliphatic rings. The standard InChI is InChI=1S/C25H23N5O2/c31-19-9-7-18(8-10-19)22-16-20(25(32)30-14-12-26-13-15-30)23-21(28-29-24(23)27-22)11-6-17-4-2-1-3-5-17/h1-11,16,26,31H,12-15H2,(H,27,28,29). The van der Waals surface area contributed by atoms with Crippen molar-refractivity contribution in [2.75, 3.05) is 26.2 Å². The molecule has 0 saturated carbocycles. The Morgan fingerprint density at radius 1 is 1.00 bits per heavy atom. The summed E-state index contributed by atoms with van der Waals surface area (Å²) in [5, 5.41) is 21.1. The summed E-state index contributed by atoms with van der Waals surface area (Å²) in [6.45, 7) is 2.86. The van der Waals surface area contributed by atoms with Crippen molar-refractivity contribution < 1.29 is 9.90 Å². The van der Waals surface area contributed by atoms with E-state index in [1.165, 1.54) is 0 Å².